The molecule has 0 spiro atoms. The van der Waals surface area contributed by atoms with Gasteiger partial charge in [0.05, 0.1) is 18.6 Å². The van der Waals surface area contributed by atoms with Gasteiger partial charge in [-0.3, -0.25) is 14.3 Å². The van der Waals surface area contributed by atoms with Crippen molar-refractivity contribution < 1.29 is 9.53 Å². The number of esters is 1. The van der Waals surface area contributed by atoms with E-state index in [0.29, 0.717) is 20.4 Å². The zero-order valence-corrected chi connectivity index (χ0v) is 14.3. The molecule has 118 valence electrons. The second-order valence-corrected chi connectivity index (χ2v) is 7.02. The SMILES string of the molecule is COC(=O)Cc1c(Cl)csc1N=c1sc(=O)n2n1CCCC2. The van der Waals surface area contributed by atoms with Crippen molar-refractivity contribution >= 4 is 45.2 Å². The Balaban J connectivity index is 2.07. The van der Waals surface area contributed by atoms with Gasteiger partial charge in [0.15, 0.2) is 0 Å². The quantitative estimate of drug-likeness (QED) is 0.789. The van der Waals surface area contributed by atoms with E-state index < -0.39 is 0 Å². The zero-order chi connectivity index (χ0) is 15.7. The summed E-state index contributed by atoms with van der Waals surface area (Å²) in [6.07, 6.45) is 2.12. The minimum Gasteiger partial charge on any atom is -0.469 e. The molecule has 6 nitrogen and oxygen atoms in total. The van der Waals surface area contributed by atoms with Gasteiger partial charge >= 0.3 is 10.8 Å². The molecule has 1 aliphatic heterocycles. The summed E-state index contributed by atoms with van der Waals surface area (Å²) in [4.78, 5) is 28.7. The number of fused-ring (bicyclic) bond motifs is 1. The van der Waals surface area contributed by atoms with Gasteiger partial charge in [0.25, 0.3) is 0 Å². The summed E-state index contributed by atoms with van der Waals surface area (Å²) >= 11 is 8.61. The molecule has 2 aromatic rings. The summed E-state index contributed by atoms with van der Waals surface area (Å²) in [5.74, 6) is -0.364. The summed E-state index contributed by atoms with van der Waals surface area (Å²) in [6, 6.07) is 0. The van der Waals surface area contributed by atoms with Crippen molar-refractivity contribution in [2.75, 3.05) is 7.11 Å². The summed E-state index contributed by atoms with van der Waals surface area (Å²) in [7, 11) is 1.34. The second kappa shape index (κ2) is 6.39. The normalized spacial score (nSPS) is 14.9. The summed E-state index contributed by atoms with van der Waals surface area (Å²) in [6.45, 7) is 1.51. The van der Waals surface area contributed by atoms with Crippen LogP contribution in [0.25, 0.3) is 0 Å². The molecule has 2 aromatic heterocycles. The third-order valence-electron chi connectivity index (χ3n) is 3.46. The third-order valence-corrected chi connectivity index (χ3v) is 5.71. The highest BCUT2D eigenvalue weighted by atomic mass is 35.5. The number of carbonyl (C=O) groups excluding carboxylic acids is 1. The number of thiophene rings is 1. The average molecular weight is 360 g/mol. The van der Waals surface area contributed by atoms with Crippen molar-refractivity contribution in [3.8, 4) is 0 Å². The molecular formula is C13H14ClN3O3S2. The first-order valence-electron chi connectivity index (χ1n) is 6.78. The Morgan fingerprint density at radius 1 is 1.41 bits per heavy atom. The number of nitrogens with zero attached hydrogens (tertiary/aromatic N) is 3. The number of aromatic nitrogens is 2. The lowest BCUT2D eigenvalue weighted by molar-refractivity contribution is -0.139. The van der Waals surface area contributed by atoms with E-state index in [2.05, 4.69) is 9.73 Å². The second-order valence-electron chi connectivity index (χ2n) is 4.84. The maximum Gasteiger partial charge on any atom is 0.325 e. The van der Waals surface area contributed by atoms with Crippen LogP contribution in [-0.4, -0.2) is 22.4 Å². The van der Waals surface area contributed by atoms with E-state index in [0.717, 1.165) is 37.3 Å². The van der Waals surface area contributed by atoms with Crippen molar-refractivity contribution in [2.24, 2.45) is 4.99 Å². The van der Waals surface area contributed by atoms with Crippen molar-refractivity contribution in [2.45, 2.75) is 32.4 Å². The van der Waals surface area contributed by atoms with Gasteiger partial charge < -0.3 is 4.74 Å². The van der Waals surface area contributed by atoms with Gasteiger partial charge in [-0.15, -0.1) is 11.3 Å². The van der Waals surface area contributed by atoms with E-state index >= 15 is 0 Å². The van der Waals surface area contributed by atoms with Crippen molar-refractivity contribution in [3.05, 3.63) is 30.4 Å². The van der Waals surface area contributed by atoms with Crippen LogP contribution in [0.4, 0.5) is 5.00 Å². The van der Waals surface area contributed by atoms with Gasteiger partial charge in [-0.05, 0) is 24.2 Å². The Morgan fingerprint density at radius 2 is 2.14 bits per heavy atom. The van der Waals surface area contributed by atoms with Crippen LogP contribution in [0.15, 0.2) is 15.2 Å². The number of methoxy groups -OCH3 is 1. The average Bonchev–Trinajstić information content (AvgIpc) is 3.02. The lowest BCUT2D eigenvalue weighted by Gasteiger charge is -2.15. The van der Waals surface area contributed by atoms with Gasteiger partial charge in [-0.25, -0.2) is 9.67 Å². The lowest BCUT2D eigenvalue weighted by Crippen LogP contribution is -2.31. The first-order chi connectivity index (χ1) is 10.6. The number of rotatable bonds is 3. The Morgan fingerprint density at radius 3 is 2.86 bits per heavy atom. The largest absolute Gasteiger partial charge is 0.469 e. The van der Waals surface area contributed by atoms with Crippen molar-refractivity contribution in [1.29, 1.82) is 0 Å². The molecule has 0 bridgehead atoms. The first kappa shape index (κ1) is 15.5. The van der Waals surface area contributed by atoms with Gasteiger partial charge in [0, 0.05) is 24.0 Å². The van der Waals surface area contributed by atoms with Gasteiger partial charge in [-0.1, -0.05) is 11.6 Å². The number of ether oxygens (including phenoxy) is 1. The van der Waals surface area contributed by atoms with Crippen LogP contribution in [0.5, 0.6) is 0 Å². The minimum absolute atomic E-state index is 0.00405. The fraction of sp³-hybridized carbons (Fsp3) is 0.462. The highest BCUT2D eigenvalue weighted by Gasteiger charge is 2.17. The Bertz CT molecular complexity index is 830. The standard InChI is InChI=1S/C13H14ClN3O3S2/c1-20-10(18)6-8-9(14)7-21-11(8)15-12-16-4-2-3-5-17(16)13(19)22-12/h7H,2-6H2,1H3. The Labute approximate surface area is 139 Å². The van der Waals surface area contributed by atoms with Gasteiger partial charge in [0.2, 0.25) is 4.80 Å². The van der Waals surface area contributed by atoms with Gasteiger partial charge in [0.1, 0.15) is 5.00 Å². The molecule has 0 unspecified atom stereocenters. The van der Waals surface area contributed by atoms with Crippen LogP contribution >= 0.6 is 34.3 Å². The monoisotopic (exact) mass is 359 g/mol. The lowest BCUT2D eigenvalue weighted by atomic mass is 10.2. The maximum atomic E-state index is 12.0. The molecule has 0 fully saturated rings. The zero-order valence-electron chi connectivity index (χ0n) is 11.9. The Kier molecular flexibility index (Phi) is 4.51. The highest BCUT2D eigenvalue weighted by molar-refractivity contribution is 7.14. The molecular weight excluding hydrogens is 346 g/mol. The van der Waals surface area contributed by atoms with Crippen molar-refractivity contribution in [1.82, 2.24) is 9.36 Å². The Hall–Kier alpha value is -1.38. The molecule has 0 aliphatic carbocycles. The van der Waals surface area contributed by atoms with Crippen LogP contribution < -0.4 is 9.67 Å². The van der Waals surface area contributed by atoms with E-state index in [1.54, 1.807) is 10.1 Å². The molecule has 3 heterocycles. The molecule has 0 N–H and O–H groups in total. The minimum atomic E-state index is -0.364. The molecule has 0 atom stereocenters. The summed E-state index contributed by atoms with van der Waals surface area (Å²) in [5.41, 5.74) is 0.648. The summed E-state index contributed by atoms with van der Waals surface area (Å²) in [5, 5.41) is 2.90. The van der Waals surface area contributed by atoms with E-state index in [4.69, 9.17) is 11.6 Å². The molecule has 22 heavy (non-hydrogen) atoms. The maximum absolute atomic E-state index is 12.0. The van der Waals surface area contributed by atoms with Crippen LogP contribution in [-0.2, 0) is 29.0 Å². The predicted octanol–water partition coefficient (Wildman–Crippen LogP) is 2.17. The molecule has 1 aliphatic rings. The molecule has 0 saturated carbocycles. The topological polar surface area (TPSA) is 65.6 Å². The molecule has 0 saturated heterocycles. The smallest absolute Gasteiger partial charge is 0.325 e. The highest BCUT2D eigenvalue weighted by Crippen LogP contribution is 2.34. The van der Waals surface area contributed by atoms with Crippen LogP contribution in [0.1, 0.15) is 18.4 Å². The molecule has 0 radical (unpaired) electrons. The number of hydrogen-bond donors (Lipinski definition) is 0. The number of hydrogen-bond acceptors (Lipinski definition) is 6. The van der Waals surface area contributed by atoms with E-state index in [1.165, 1.54) is 18.4 Å². The molecule has 3 rings (SSSR count). The van der Waals surface area contributed by atoms with Crippen LogP contribution in [0, 0.1) is 0 Å². The molecule has 0 amide bonds. The van der Waals surface area contributed by atoms with Crippen LogP contribution in [0.2, 0.25) is 5.02 Å². The fourth-order valence-corrected chi connectivity index (χ4v) is 4.43. The van der Waals surface area contributed by atoms with E-state index in [9.17, 15) is 9.59 Å². The number of halogens is 1. The first-order valence-corrected chi connectivity index (χ1v) is 8.85. The van der Waals surface area contributed by atoms with Crippen molar-refractivity contribution in [3.63, 3.8) is 0 Å². The fourth-order valence-electron chi connectivity index (χ4n) is 2.33. The number of carbonyl (C=O) groups is 1. The van der Waals surface area contributed by atoms with Crippen LogP contribution in [0.3, 0.4) is 0 Å². The van der Waals surface area contributed by atoms with Gasteiger partial charge in [-0.2, -0.15) is 0 Å². The van der Waals surface area contributed by atoms with E-state index in [-0.39, 0.29) is 17.3 Å². The molecule has 9 heteroatoms. The predicted molar refractivity (Wildman–Crippen MR) is 86.1 cm³/mol. The summed E-state index contributed by atoms with van der Waals surface area (Å²) < 4.78 is 8.32. The molecule has 0 aromatic carbocycles. The third kappa shape index (κ3) is 2.90. The van der Waals surface area contributed by atoms with E-state index in [1.807, 2.05) is 4.68 Å².